The summed E-state index contributed by atoms with van der Waals surface area (Å²) in [6.45, 7) is 0. The zero-order chi connectivity index (χ0) is 19.3. The van der Waals surface area contributed by atoms with E-state index in [-0.39, 0.29) is 34.0 Å². The Morgan fingerprint density at radius 1 is 0.741 bits per heavy atom. The molecule has 8 heteroatoms. The van der Waals surface area contributed by atoms with Gasteiger partial charge in [-0.3, -0.25) is 0 Å². The lowest BCUT2D eigenvalue weighted by Gasteiger charge is -2.15. The van der Waals surface area contributed by atoms with Crippen molar-refractivity contribution in [2.75, 3.05) is 28.7 Å². The van der Waals surface area contributed by atoms with Gasteiger partial charge in [-0.1, -0.05) is 18.2 Å². The van der Waals surface area contributed by atoms with E-state index in [4.69, 9.17) is 37.8 Å². The fourth-order valence-electron chi connectivity index (χ4n) is 3.00. The van der Waals surface area contributed by atoms with Crippen LogP contribution in [0.15, 0.2) is 46.9 Å². The molecule has 0 unspecified atom stereocenters. The quantitative estimate of drug-likeness (QED) is 0.205. The first kappa shape index (κ1) is 16.4. The number of fused-ring (bicyclic) bond motifs is 3. The Morgan fingerprint density at radius 3 is 2.04 bits per heavy atom. The van der Waals surface area contributed by atoms with Crippen molar-refractivity contribution < 1.29 is 13.9 Å². The van der Waals surface area contributed by atoms with Gasteiger partial charge in [0.15, 0.2) is 0 Å². The second-order valence-corrected chi connectivity index (χ2v) is 6.09. The lowest BCUT2D eigenvalue weighted by atomic mass is 10.1. The summed E-state index contributed by atoms with van der Waals surface area (Å²) in [4.78, 5) is 12.7. The lowest BCUT2D eigenvalue weighted by Crippen LogP contribution is -2.18. The van der Waals surface area contributed by atoms with Crippen molar-refractivity contribution in [1.82, 2.24) is 0 Å². The van der Waals surface area contributed by atoms with Gasteiger partial charge in [-0.15, -0.1) is 0 Å². The van der Waals surface area contributed by atoms with E-state index in [2.05, 4.69) is 0 Å². The fourth-order valence-corrected chi connectivity index (χ4v) is 3.00. The summed E-state index contributed by atoms with van der Waals surface area (Å²) in [6, 6.07) is 12.6. The molecule has 0 aliphatic carbocycles. The number of benzene rings is 3. The van der Waals surface area contributed by atoms with Gasteiger partial charge in [-0.25, -0.2) is 4.79 Å². The van der Waals surface area contributed by atoms with Crippen molar-refractivity contribution in [3.63, 3.8) is 0 Å². The van der Waals surface area contributed by atoms with Gasteiger partial charge in [0.25, 0.3) is 0 Å². The van der Waals surface area contributed by atoms with E-state index in [0.717, 1.165) is 16.4 Å². The zero-order valence-electron chi connectivity index (χ0n) is 14.2. The highest BCUT2D eigenvalue weighted by Crippen LogP contribution is 2.39. The Balaban J connectivity index is 1.77. The first-order valence-corrected chi connectivity index (χ1v) is 8.03. The number of esters is 1. The molecule has 136 valence electrons. The van der Waals surface area contributed by atoms with Gasteiger partial charge in [0, 0.05) is 10.8 Å². The van der Waals surface area contributed by atoms with Crippen molar-refractivity contribution in [3.8, 4) is 5.75 Å². The number of anilines is 5. The van der Waals surface area contributed by atoms with Crippen molar-refractivity contribution in [2.45, 2.75) is 0 Å². The molecule has 4 aromatic rings. The third-order valence-corrected chi connectivity index (χ3v) is 4.46. The van der Waals surface area contributed by atoms with Gasteiger partial charge >= 0.3 is 5.97 Å². The van der Waals surface area contributed by atoms with E-state index in [1.807, 2.05) is 24.3 Å². The Labute approximate surface area is 153 Å². The normalized spacial score (nSPS) is 11.1. The maximum Gasteiger partial charge on any atom is 0.347 e. The molecule has 0 amide bonds. The summed E-state index contributed by atoms with van der Waals surface area (Å²) in [5, 5.41) is 1.72. The van der Waals surface area contributed by atoms with Crippen molar-refractivity contribution >= 4 is 56.3 Å². The number of furan rings is 1. The molecule has 4 rings (SSSR count). The number of hydrogen-bond donors (Lipinski definition) is 5. The van der Waals surface area contributed by atoms with Gasteiger partial charge in [0.2, 0.25) is 0 Å². The minimum Gasteiger partial charge on any atom is -0.456 e. The summed E-state index contributed by atoms with van der Waals surface area (Å²) in [7, 11) is 0. The van der Waals surface area contributed by atoms with Crippen LogP contribution in [0.25, 0.3) is 21.9 Å². The minimum absolute atomic E-state index is 0.00932. The van der Waals surface area contributed by atoms with E-state index in [9.17, 15) is 4.79 Å². The van der Waals surface area contributed by atoms with Gasteiger partial charge in [-0.2, -0.15) is 0 Å². The number of hydrogen-bond acceptors (Lipinski definition) is 8. The van der Waals surface area contributed by atoms with Gasteiger partial charge < -0.3 is 37.8 Å². The monoisotopic (exact) mass is 363 g/mol. The molecule has 10 N–H and O–H groups in total. The summed E-state index contributed by atoms with van der Waals surface area (Å²) < 4.78 is 11.2. The summed E-state index contributed by atoms with van der Waals surface area (Å²) in [6.07, 6.45) is 0. The molecule has 1 aromatic heterocycles. The number of para-hydroxylation sites is 1. The van der Waals surface area contributed by atoms with E-state index in [0.29, 0.717) is 11.3 Å². The maximum absolute atomic E-state index is 12.7. The molecule has 0 saturated heterocycles. The molecule has 1 heterocycles. The predicted octanol–water partition coefficient (Wildman–Crippen LogP) is 2.72. The second kappa shape index (κ2) is 5.73. The Bertz CT molecular complexity index is 1200. The standard InChI is InChI=1S/C19H17N5O3/c20-14-13(15(21)17(23)18(24)16(14)22)19(25)26-8-5-6-12-10(7-8)9-3-1-2-4-11(9)27-12/h1-7H,20-24H2. The average Bonchev–Trinajstić information content (AvgIpc) is 3.03. The topological polar surface area (TPSA) is 170 Å². The second-order valence-electron chi connectivity index (χ2n) is 6.09. The predicted molar refractivity (Wildman–Crippen MR) is 107 cm³/mol. The minimum atomic E-state index is -0.782. The van der Waals surface area contributed by atoms with Gasteiger partial charge in [0.1, 0.15) is 22.5 Å². The fraction of sp³-hybridized carbons (Fsp3) is 0. The van der Waals surface area contributed by atoms with Crippen molar-refractivity contribution in [2.24, 2.45) is 0 Å². The molecule has 27 heavy (non-hydrogen) atoms. The smallest absolute Gasteiger partial charge is 0.347 e. The highest BCUT2D eigenvalue weighted by molar-refractivity contribution is 6.11. The average molecular weight is 363 g/mol. The molecule has 0 aliphatic heterocycles. The molecule has 8 nitrogen and oxygen atoms in total. The zero-order valence-corrected chi connectivity index (χ0v) is 14.2. The van der Waals surface area contributed by atoms with E-state index in [1.54, 1.807) is 18.2 Å². The van der Waals surface area contributed by atoms with Crippen LogP contribution < -0.4 is 33.4 Å². The Kier molecular flexibility index (Phi) is 3.48. The number of rotatable bonds is 2. The highest BCUT2D eigenvalue weighted by atomic mass is 16.5. The number of nitrogens with two attached hydrogens (primary N) is 5. The van der Waals surface area contributed by atoms with Crippen LogP contribution in [-0.4, -0.2) is 5.97 Å². The van der Waals surface area contributed by atoms with Crippen molar-refractivity contribution in [1.29, 1.82) is 0 Å². The molecule has 0 atom stereocenters. The van der Waals surface area contributed by atoms with Gasteiger partial charge in [0.05, 0.1) is 28.4 Å². The molecule has 3 aromatic carbocycles. The largest absolute Gasteiger partial charge is 0.456 e. The maximum atomic E-state index is 12.7. The summed E-state index contributed by atoms with van der Waals surface area (Å²) in [5.74, 6) is -0.484. The lowest BCUT2D eigenvalue weighted by molar-refractivity contribution is 0.0737. The summed E-state index contributed by atoms with van der Waals surface area (Å²) >= 11 is 0. The molecule has 0 aliphatic rings. The number of carbonyl (C=O) groups excluding carboxylic acids is 1. The highest BCUT2D eigenvalue weighted by Gasteiger charge is 2.23. The SMILES string of the molecule is Nc1c(N)c(N)c(C(=O)Oc2ccc3oc4ccccc4c3c2)c(N)c1N. The first-order chi connectivity index (χ1) is 12.9. The Morgan fingerprint density at radius 2 is 1.33 bits per heavy atom. The van der Waals surface area contributed by atoms with Crippen LogP contribution in [0.5, 0.6) is 5.75 Å². The molecule has 0 saturated carbocycles. The van der Waals surface area contributed by atoms with E-state index >= 15 is 0 Å². The number of nitrogen functional groups attached to an aromatic ring is 5. The molecule has 0 bridgehead atoms. The molecule has 0 spiro atoms. The number of ether oxygens (including phenoxy) is 1. The molecule has 0 fully saturated rings. The third kappa shape index (κ3) is 2.43. The van der Waals surface area contributed by atoms with Crippen LogP contribution in [0, 0.1) is 0 Å². The van der Waals surface area contributed by atoms with E-state index in [1.165, 1.54) is 0 Å². The number of carbonyl (C=O) groups is 1. The summed E-state index contributed by atoms with van der Waals surface area (Å²) in [5.41, 5.74) is 30.3. The van der Waals surface area contributed by atoms with Crippen LogP contribution >= 0.6 is 0 Å². The van der Waals surface area contributed by atoms with Crippen LogP contribution in [0.4, 0.5) is 28.4 Å². The van der Waals surface area contributed by atoms with Crippen LogP contribution in [0.1, 0.15) is 10.4 Å². The molecular formula is C19H17N5O3. The first-order valence-electron chi connectivity index (χ1n) is 8.03. The Hall–Kier alpha value is -4.07. The van der Waals surface area contributed by atoms with Crippen LogP contribution in [-0.2, 0) is 0 Å². The van der Waals surface area contributed by atoms with Crippen molar-refractivity contribution in [3.05, 3.63) is 48.0 Å². The van der Waals surface area contributed by atoms with Gasteiger partial charge in [-0.05, 0) is 24.3 Å². The van der Waals surface area contributed by atoms with Crippen LogP contribution in [0.3, 0.4) is 0 Å². The van der Waals surface area contributed by atoms with Crippen LogP contribution in [0.2, 0.25) is 0 Å². The third-order valence-electron chi connectivity index (χ3n) is 4.46. The van der Waals surface area contributed by atoms with E-state index < -0.39 is 5.97 Å². The molecule has 0 radical (unpaired) electrons. The molecular weight excluding hydrogens is 346 g/mol.